The standard InChI is InChI=1S/C14H20OS/c1-10(2)11-5-6-12(13(9-11)15-4)14(3)7-8-16-14/h5-6,9-10H,7-8H2,1-4H3. The molecule has 0 radical (unpaired) electrons. The second-order valence-corrected chi connectivity index (χ2v) is 6.54. The van der Waals surface area contributed by atoms with Crippen molar-refractivity contribution in [3.05, 3.63) is 29.3 Å². The molecular formula is C14H20OS. The molecular weight excluding hydrogens is 216 g/mol. The third kappa shape index (κ3) is 1.95. The zero-order chi connectivity index (χ0) is 11.8. The summed E-state index contributed by atoms with van der Waals surface area (Å²) in [6.45, 7) is 6.75. The van der Waals surface area contributed by atoms with Gasteiger partial charge in [-0.05, 0) is 36.6 Å². The van der Waals surface area contributed by atoms with Gasteiger partial charge in [-0.25, -0.2) is 0 Å². The van der Waals surface area contributed by atoms with Crippen molar-refractivity contribution in [3.63, 3.8) is 0 Å². The van der Waals surface area contributed by atoms with Gasteiger partial charge >= 0.3 is 0 Å². The predicted octanol–water partition coefficient (Wildman–Crippen LogP) is 4.17. The van der Waals surface area contributed by atoms with Crippen LogP contribution in [0.5, 0.6) is 5.75 Å². The van der Waals surface area contributed by atoms with Gasteiger partial charge in [-0.3, -0.25) is 0 Å². The molecule has 1 atom stereocenters. The Hall–Kier alpha value is -0.630. The molecule has 0 saturated carbocycles. The van der Waals surface area contributed by atoms with Crippen LogP contribution in [0, 0.1) is 0 Å². The Labute approximate surface area is 103 Å². The largest absolute Gasteiger partial charge is 0.496 e. The van der Waals surface area contributed by atoms with Gasteiger partial charge in [-0.1, -0.05) is 26.0 Å². The topological polar surface area (TPSA) is 9.23 Å². The van der Waals surface area contributed by atoms with Gasteiger partial charge < -0.3 is 4.74 Å². The Balaban J connectivity index is 2.39. The van der Waals surface area contributed by atoms with Crippen LogP contribution in [0.4, 0.5) is 0 Å². The molecule has 1 nitrogen and oxygen atoms in total. The third-order valence-corrected chi connectivity index (χ3v) is 4.93. The van der Waals surface area contributed by atoms with Gasteiger partial charge in [0.15, 0.2) is 0 Å². The van der Waals surface area contributed by atoms with Crippen molar-refractivity contribution in [1.82, 2.24) is 0 Å². The lowest BCUT2D eigenvalue weighted by Gasteiger charge is -2.39. The number of hydrogen-bond donors (Lipinski definition) is 0. The average Bonchev–Trinajstić information content (AvgIpc) is 2.25. The lowest BCUT2D eigenvalue weighted by atomic mass is 9.92. The number of thioether (sulfide) groups is 1. The summed E-state index contributed by atoms with van der Waals surface area (Å²) in [7, 11) is 1.77. The van der Waals surface area contributed by atoms with E-state index in [4.69, 9.17) is 4.74 Å². The highest BCUT2D eigenvalue weighted by Gasteiger charge is 2.36. The zero-order valence-electron chi connectivity index (χ0n) is 10.5. The Kier molecular flexibility index (Phi) is 3.20. The minimum Gasteiger partial charge on any atom is -0.496 e. The molecule has 1 aliphatic rings. The van der Waals surface area contributed by atoms with Crippen molar-refractivity contribution < 1.29 is 4.74 Å². The zero-order valence-corrected chi connectivity index (χ0v) is 11.4. The molecule has 0 N–H and O–H groups in total. The molecule has 0 aromatic heterocycles. The molecule has 1 aliphatic heterocycles. The van der Waals surface area contributed by atoms with Crippen LogP contribution in [0.3, 0.4) is 0 Å². The van der Waals surface area contributed by atoms with Gasteiger partial charge in [-0.15, -0.1) is 0 Å². The maximum Gasteiger partial charge on any atom is 0.123 e. The molecule has 16 heavy (non-hydrogen) atoms. The van der Waals surface area contributed by atoms with Crippen LogP contribution in [0.2, 0.25) is 0 Å². The molecule has 1 aromatic rings. The lowest BCUT2D eigenvalue weighted by Crippen LogP contribution is -2.28. The molecule has 1 fully saturated rings. The molecule has 0 spiro atoms. The molecule has 1 heterocycles. The van der Waals surface area contributed by atoms with E-state index in [0.29, 0.717) is 5.92 Å². The smallest absolute Gasteiger partial charge is 0.123 e. The van der Waals surface area contributed by atoms with E-state index in [9.17, 15) is 0 Å². The summed E-state index contributed by atoms with van der Waals surface area (Å²) in [5.74, 6) is 2.89. The Morgan fingerprint density at radius 2 is 2.06 bits per heavy atom. The third-order valence-electron chi connectivity index (χ3n) is 3.46. The van der Waals surface area contributed by atoms with Crippen LogP contribution >= 0.6 is 11.8 Å². The molecule has 2 heteroatoms. The molecule has 88 valence electrons. The Bertz CT molecular complexity index is 380. The molecule has 1 unspecified atom stereocenters. The highest BCUT2D eigenvalue weighted by atomic mass is 32.2. The first-order chi connectivity index (χ1) is 7.57. The molecule has 1 aromatic carbocycles. The second-order valence-electron chi connectivity index (χ2n) is 4.94. The van der Waals surface area contributed by atoms with E-state index in [-0.39, 0.29) is 4.75 Å². The van der Waals surface area contributed by atoms with E-state index >= 15 is 0 Å². The molecule has 0 bridgehead atoms. The van der Waals surface area contributed by atoms with E-state index in [1.807, 2.05) is 11.8 Å². The fourth-order valence-electron chi connectivity index (χ4n) is 2.12. The number of ether oxygens (including phenoxy) is 1. The van der Waals surface area contributed by atoms with Crippen LogP contribution in [0.25, 0.3) is 0 Å². The highest BCUT2D eigenvalue weighted by molar-refractivity contribution is 8.01. The fraction of sp³-hybridized carbons (Fsp3) is 0.571. The van der Waals surface area contributed by atoms with E-state index in [2.05, 4.69) is 39.0 Å². The van der Waals surface area contributed by atoms with Crippen molar-refractivity contribution in [2.45, 2.75) is 37.9 Å². The van der Waals surface area contributed by atoms with E-state index in [1.165, 1.54) is 23.3 Å². The van der Waals surface area contributed by atoms with Crippen molar-refractivity contribution in [1.29, 1.82) is 0 Å². The molecule has 1 saturated heterocycles. The van der Waals surface area contributed by atoms with Crippen LogP contribution in [0.15, 0.2) is 18.2 Å². The van der Waals surface area contributed by atoms with Gasteiger partial charge in [0, 0.05) is 10.3 Å². The van der Waals surface area contributed by atoms with Crippen LogP contribution < -0.4 is 4.74 Å². The summed E-state index contributed by atoms with van der Waals surface area (Å²) < 4.78 is 5.82. The van der Waals surface area contributed by atoms with Crippen molar-refractivity contribution in [2.75, 3.05) is 12.9 Å². The van der Waals surface area contributed by atoms with E-state index < -0.39 is 0 Å². The quantitative estimate of drug-likeness (QED) is 0.779. The van der Waals surface area contributed by atoms with Gasteiger partial charge in [0.2, 0.25) is 0 Å². The summed E-state index contributed by atoms with van der Waals surface area (Å²) in [6.07, 6.45) is 1.26. The van der Waals surface area contributed by atoms with Crippen LogP contribution in [-0.2, 0) is 4.75 Å². The minimum atomic E-state index is 0.279. The van der Waals surface area contributed by atoms with Crippen LogP contribution in [0.1, 0.15) is 44.2 Å². The molecule has 2 rings (SSSR count). The van der Waals surface area contributed by atoms with Crippen molar-refractivity contribution in [2.24, 2.45) is 0 Å². The predicted molar refractivity (Wildman–Crippen MR) is 71.5 cm³/mol. The van der Waals surface area contributed by atoms with E-state index in [0.717, 1.165) is 5.75 Å². The normalized spacial score (nSPS) is 24.3. The maximum atomic E-state index is 5.54. The van der Waals surface area contributed by atoms with Crippen molar-refractivity contribution in [3.8, 4) is 5.75 Å². The first-order valence-electron chi connectivity index (χ1n) is 5.89. The highest BCUT2D eigenvalue weighted by Crippen LogP contribution is 2.51. The summed E-state index contributed by atoms with van der Waals surface area (Å²) in [6, 6.07) is 6.69. The van der Waals surface area contributed by atoms with Gasteiger partial charge in [-0.2, -0.15) is 11.8 Å². The Morgan fingerprint density at radius 1 is 1.38 bits per heavy atom. The van der Waals surface area contributed by atoms with E-state index in [1.54, 1.807) is 7.11 Å². The number of hydrogen-bond acceptors (Lipinski definition) is 2. The van der Waals surface area contributed by atoms with Gasteiger partial charge in [0.25, 0.3) is 0 Å². The maximum absolute atomic E-state index is 5.54. The monoisotopic (exact) mass is 236 g/mol. The second kappa shape index (κ2) is 4.33. The summed E-state index contributed by atoms with van der Waals surface area (Å²) in [5, 5.41) is 0. The number of rotatable bonds is 3. The Morgan fingerprint density at radius 3 is 2.50 bits per heavy atom. The first kappa shape index (κ1) is 11.8. The van der Waals surface area contributed by atoms with Gasteiger partial charge in [0.1, 0.15) is 5.75 Å². The summed E-state index contributed by atoms with van der Waals surface area (Å²) in [4.78, 5) is 0. The number of methoxy groups -OCH3 is 1. The first-order valence-corrected chi connectivity index (χ1v) is 6.88. The molecule has 0 aliphatic carbocycles. The fourth-order valence-corrected chi connectivity index (χ4v) is 3.27. The average molecular weight is 236 g/mol. The van der Waals surface area contributed by atoms with Crippen LogP contribution in [-0.4, -0.2) is 12.9 Å². The number of benzene rings is 1. The lowest BCUT2D eigenvalue weighted by molar-refractivity contribution is 0.401. The van der Waals surface area contributed by atoms with Gasteiger partial charge in [0.05, 0.1) is 7.11 Å². The summed E-state index contributed by atoms with van der Waals surface area (Å²) >= 11 is 2.02. The molecule has 0 amide bonds. The minimum absolute atomic E-state index is 0.279. The summed E-state index contributed by atoms with van der Waals surface area (Å²) in [5.41, 5.74) is 2.71. The van der Waals surface area contributed by atoms with Crippen molar-refractivity contribution >= 4 is 11.8 Å². The SMILES string of the molecule is COc1cc(C(C)C)ccc1C1(C)CCS1.